The van der Waals surface area contributed by atoms with Gasteiger partial charge < -0.3 is 10.6 Å². The molecule has 0 aliphatic rings. The number of non-ortho nitro benzene ring substituents is 1. The van der Waals surface area contributed by atoms with Crippen LogP contribution in [-0.2, 0) is 0 Å². The van der Waals surface area contributed by atoms with Crippen LogP contribution in [0.3, 0.4) is 0 Å². The van der Waals surface area contributed by atoms with E-state index in [0.717, 1.165) is 6.07 Å². The molecule has 0 aliphatic carbocycles. The molecule has 0 amide bonds. The van der Waals surface area contributed by atoms with Crippen LogP contribution in [0.25, 0.3) is 10.9 Å². The molecule has 0 atom stereocenters. The largest absolute Gasteiger partial charge is 0.370 e. The molecule has 2 N–H and O–H groups in total. The molecule has 106 valence electrons. The van der Waals surface area contributed by atoms with Crippen LogP contribution in [0.15, 0.2) is 24.4 Å². The Kier molecular flexibility index (Phi) is 4.09. The van der Waals surface area contributed by atoms with Gasteiger partial charge in [-0.05, 0) is 25.1 Å². The van der Waals surface area contributed by atoms with Gasteiger partial charge in [0.1, 0.15) is 5.52 Å². The molecular formula is C13H15FN4O2. The van der Waals surface area contributed by atoms with Crippen LogP contribution < -0.4 is 10.6 Å². The number of hydrogen-bond acceptors (Lipinski definition) is 5. The second-order valence-electron chi connectivity index (χ2n) is 4.45. The van der Waals surface area contributed by atoms with E-state index in [2.05, 4.69) is 4.98 Å². The third kappa shape index (κ3) is 2.53. The van der Waals surface area contributed by atoms with E-state index in [9.17, 15) is 14.5 Å². The number of aromatic nitrogens is 1. The van der Waals surface area contributed by atoms with E-state index in [1.165, 1.54) is 6.20 Å². The maximum Gasteiger partial charge on any atom is 0.281 e. The molecule has 0 radical (unpaired) electrons. The fourth-order valence-electron chi connectivity index (χ4n) is 2.13. The van der Waals surface area contributed by atoms with Crippen LogP contribution in [0.5, 0.6) is 0 Å². The van der Waals surface area contributed by atoms with E-state index < -0.39 is 10.7 Å². The Hall–Kier alpha value is -2.28. The number of pyridine rings is 1. The number of fused-ring (bicyclic) bond motifs is 1. The standard InChI is InChI=1S/C13H15FN4O2/c1-17(7-3-5-15)13-10(14)8-11(18(19)20)9-4-2-6-16-12(9)13/h2,4,6,8H,3,5,7,15H2,1H3. The molecular weight excluding hydrogens is 263 g/mol. The Balaban J connectivity index is 2.63. The molecule has 1 aromatic carbocycles. The second kappa shape index (κ2) is 5.79. The molecule has 6 nitrogen and oxygen atoms in total. The third-order valence-electron chi connectivity index (χ3n) is 3.07. The van der Waals surface area contributed by atoms with Crippen molar-refractivity contribution in [2.45, 2.75) is 6.42 Å². The van der Waals surface area contributed by atoms with Crippen molar-refractivity contribution in [1.82, 2.24) is 4.98 Å². The lowest BCUT2D eigenvalue weighted by molar-refractivity contribution is -0.383. The maximum absolute atomic E-state index is 14.2. The Bertz CT molecular complexity index is 648. The number of benzene rings is 1. The predicted octanol–water partition coefficient (Wildman–Crippen LogP) is 2.07. The predicted molar refractivity (Wildman–Crippen MR) is 75.3 cm³/mol. The summed E-state index contributed by atoms with van der Waals surface area (Å²) in [6.07, 6.45) is 2.19. The van der Waals surface area contributed by atoms with Crippen molar-refractivity contribution in [3.05, 3.63) is 40.3 Å². The molecule has 0 spiro atoms. The number of rotatable bonds is 5. The van der Waals surface area contributed by atoms with E-state index in [0.29, 0.717) is 30.4 Å². The molecule has 7 heteroatoms. The summed E-state index contributed by atoms with van der Waals surface area (Å²) in [5, 5.41) is 11.3. The lowest BCUT2D eigenvalue weighted by Gasteiger charge is -2.20. The molecule has 20 heavy (non-hydrogen) atoms. The van der Waals surface area contributed by atoms with Gasteiger partial charge in [-0.1, -0.05) is 0 Å². The van der Waals surface area contributed by atoms with Gasteiger partial charge in [0.05, 0.1) is 22.1 Å². The molecule has 1 heterocycles. The number of nitrogens with two attached hydrogens (primary N) is 1. The molecule has 0 aliphatic heterocycles. The van der Waals surface area contributed by atoms with Crippen molar-refractivity contribution >= 4 is 22.3 Å². The fourth-order valence-corrected chi connectivity index (χ4v) is 2.13. The van der Waals surface area contributed by atoms with E-state index in [1.54, 1.807) is 24.1 Å². The SMILES string of the molecule is CN(CCCN)c1c(F)cc([N+](=O)[O-])c2cccnc12. The average Bonchev–Trinajstić information content (AvgIpc) is 2.43. The van der Waals surface area contributed by atoms with Crippen LogP contribution in [0.2, 0.25) is 0 Å². The van der Waals surface area contributed by atoms with Crippen molar-refractivity contribution in [2.75, 3.05) is 25.0 Å². The maximum atomic E-state index is 14.2. The van der Waals surface area contributed by atoms with Crippen LogP contribution in [0, 0.1) is 15.9 Å². The van der Waals surface area contributed by atoms with Gasteiger partial charge in [-0.3, -0.25) is 15.1 Å². The highest BCUT2D eigenvalue weighted by atomic mass is 19.1. The Labute approximate surface area is 115 Å². The minimum atomic E-state index is -0.651. The first kappa shape index (κ1) is 14.1. The third-order valence-corrected chi connectivity index (χ3v) is 3.07. The molecule has 2 rings (SSSR count). The summed E-state index contributed by atoms with van der Waals surface area (Å²) in [7, 11) is 1.72. The topological polar surface area (TPSA) is 85.3 Å². The zero-order chi connectivity index (χ0) is 14.7. The van der Waals surface area contributed by atoms with Gasteiger partial charge in [0, 0.05) is 19.8 Å². The van der Waals surface area contributed by atoms with Crippen molar-refractivity contribution in [1.29, 1.82) is 0 Å². The van der Waals surface area contributed by atoms with Crippen molar-refractivity contribution in [3.63, 3.8) is 0 Å². The minimum absolute atomic E-state index is 0.264. The van der Waals surface area contributed by atoms with Gasteiger partial charge in [-0.15, -0.1) is 0 Å². The van der Waals surface area contributed by atoms with E-state index in [-0.39, 0.29) is 11.4 Å². The highest BCUT2D eigenvalue weighted by Crippen LogP contribution is 2.34. The molecule has 0 saturated carbocycles. The quantitative estimate of drug-likeness (QED) is 0.668. The number of anilines is 1. The molecule has 0 saturated heterocycles. The molecule has 0 bridgehead atoms. The normalized spacial score (nSPS) is 10.8. The smallest absolute Gasteiger partial charge is 0.281 e. The molecule has 0 fully saturated rings. The number of hydrogen-bond donors (Lipinski definition) is 1. The van der Waals surface area contributed by atoms with E-state index >= 15 is 0 Å². The van der Waals surface area contributed by atoms with Gasteiger partial charge in [-0.25, -0.2) is 4.39 Å². The van der Waals surface area contributed by atoms with Gasteiger partial charge in [0.2, 0.25) is 0 Å². The summed E-state index contributed by atoms with van der Waals surface area (Å²) in [4.78, 5) is 16.2. The van der Waals surface area contributed by atoms with Crippen molar-refractivity contribution < 1.29 is 9.31 Å². The number of nitro benzene ring substituents is 1. The van der Waals surface area contributed by atoms with E-state index in [1.807, 2.05) is 0 Å². The lowest BCUT2D eigenvalue weighted by atomic mass is 10.1. The lowest BCUT2D eigenvalue weighted by Crippen LogP contribution is -2.22. The first-order valence-corrected chi connectivity index (χ1v) is 6.19. The molecule has 1 aromatic heterocycles. The van der Waals surface area contributed by atoms with Crippen LogP contribution in [0.1, 0.15) is 6.42 Å². The summed E-state index contributed by atoms with van der Waals surface area (Å²) in [5.41, 5.74) is 5.72. The average molecular weight is 278 g/mol. The molecule has 2 aromatic rings. The van der Waals surface area contributed by atoms with Gasteiger partial charge in [-0.2, -0.15) is 0 Å². The fraction of sp³-hybridized carbons (Fsp3) is 0.308. The first-order valence-electron chi connectivity index (χ1n) is 6.19. The zero-order valence-corrected chi connectivity index (χ0v) is 11.0. The zero-order valence-electron chi connectivity index (χ0n) is 11.0. The van der Waals surface area contributed by atoms with Crippen LogP contribution in [0.4, 0.5) is 15.8 Å². The van der Waals surface area contributed by atoms with Crippen molar-refractivity contribution in [2.24, 2.45) is 5.73 Å². The van der Waals surface area contributed by atoms with Gasteiger partial charge in [0.15, 0.2) is 5.82 Å². The number of halogens is 1. The number of nitro groups is 1. The second-order valence-corrected chi connectivity index (χ2v) is 4.45. The summed E-state index contributed by atoms with van der Waals surface area (Å²) < 4.78 is 14.2. The summed E-state index contributed by atoms with van der Waals surface area (Å²) in [5.74, 6) is -0.651. The Morgan fingerprint density at radius 3 is 2.95 bits per heavy atom. The number of nitrogens with zero attached hydrogens (tertiary/aromatic N) is 3. The summed E-state index contributed by atoms with van der Waals surface area (Å²) in [6.45, 7) is 1.04. The van der Waals surface area contributed by atoms with Crippen molar-refractivity contribution in [3.8, 4) is 0 Å². The summed E-state index contributed by atoms with van der Waals surface area (Å²) >= 11 is 0. The van der Waals surface area contributed by atoms with Crippen LogP contribution in [-0.4, -0.2) is 30.0 Å². The minimum Gasteiger partial charge on any atom is -0.370 e. The Morgan fingerprint density at radius 1 is 1.55 bits per heavy atom. The highest BCUT2D eigenvalue weighted by molar-refractivity contribution is 5.97. The summed E-state index contributed by atoms with van der Waals surface area (Å²) in [6, 6.07) is 4.11. The van der Waals surface area contributed by atoms with Gasteiger partial charge in [0.25, 0.3) is 5.69 Å². The Morgan fingerprint density at radius 2 is 2.30 bits per heavy atom. The molecule has 0 unspecified atom stereocenters. The van der Waals surface area contributed by atoms with Crippen LogP contribution >= 0.6 is 0 Å². The monoisotopic (exact) mass is 278 g/mol. The van der Waals surface area contributed by atoms with Gasteiger partial charge >= 0.3 is 0 Å². The first-order chi connectivity index (χ1) is 9.56. The van der Waals surface area contributed by atoms with E-state index in [4.69, 9.17) is 5.73 Å². The highest BCUT2D eigenvalue weighted by Gasteiger charge is 2.21.